The number of hydrazine groups is 2. The summed E-state index contributed by atoms with van der Waals surface area (Å²) in [6.07, 6.45) is 3.65. The molecule has 0 saturated carbocycles. The smallest absolute Gasteiger partial charge is 0.241 e. The van der Waals surface area contributed by atoms with Crippen LogP contribution in [0.15, 0.2) is 24.3 Å². The Morgan fingerprint density at radius 2 is 1.70 bits per heavy atom. The van der Waals surface area contributed by atoms with Crippen molar-refractivity contribution in [1.82, 2.24) is 31.5 Å². The van der Waals surface area contributed by atoms with Crippen LogP contribution < -0.4 is 21.7 Å². The maximum absolute atomic E-state index is 13.5. The molecule has 33 heavy (non-hydrogen) atoms. The Morgan fingerprint density at radius 3 is 2.42 bits per heavy atom. The molecule has 0 aliphatic carbocycles. The molecule has 4 atom stereocenters. The number of carbonyl (C=O) groups excluding carboxylic acids is 2. The van der Waals surface area contributed by atoms with Crippen molar-refractivity contribution in [2.24, 2.45) is 17.8 Å². The number of likely N-dealkylation sites (tertiary alicyclic amines) is 1. The van der Waals surface area contributed by atoms with Gasteiger partial charge >= 0.3 is 0 Å². The van der Waals surface area contributed by atoms with Crippen LogP contribution in [-0.4, -0.2) is 65.9 Å². The highest BCUT2D eigenvalue weighted by Crippen LogP contribution is 2.30. The van der Waals surface area contributed by atoms with Gasteiger partial charge in [0.25, 0.3) is 0 Å². The van der Waals surface area contributed by atoms with Gasteiger partial charge in [-0.2, -0.15) is 0 Å². The van der Waals surface area contributed by atoms with Gasteiger partial charge in [0.15, 0.2) is 0 Å². The van der Waals surface area contributed by atoms with Crippen molar-refractivity contribution >= 4 is 11.8 Å². The Balaban J connectivity index is 1.15. The van der Waals surface area contributed by atoms with E-state index < -0.39 is 0 Å². The third-order valence-corrected chi connectivity index (χ3v) is 8.18. The quantitative estimate of drug-likeness (QED) is 0.538. The fourth-order valence-electron chi connectivity index (χ4n) is 6.00. The van der Waals surface area contributed by atoms with Crippen LogP contribution in [0.5, 0.6) is 0 Å². The van der Waals surface area contributed by atoms with Crippen molar-refractivity contribution in [1.29, 1.82) is 0 Å². The zero-order chi connectivity index (χ0) is 22.9. The SMILES string of the molecule is CC(C)C1CC(C(=O)N2CCC(C3NNCC3C(=O)N3CCc4ccccc4C3)CC2)NN1. The molecule has 0 bridgehead atoms. The number of carbonyl (C=O) groups is 2. The predicted octanol–water partition coefficient (Wildman–Crippen LogP) is 0.794. The maximum Gasteiger partial charge on any atom is 0.241 e. The molecule has 8 heteroatoms. The lowest BCUT2D eigenvalue weighted by Gasteiger charge is -2.38. The largest absolute Gasteiger partial charge is 0.341 e. The summed E-state index contributed by atoms with van der Waals surface area (Å²) >= 11 is 0. The first kappa shape index (κ1) is 22.8. The maximum atomic E-state index is 13.5. The van der Waals surface area contributed by atoms with Crippen molar-refractivity contribution in [3.8, 4) is 0 Å². The van der Waals surface area contributed by atoms with Gasteiger partial charge < -0.3 is 9.80 Å². The van der Waals surface area contributed by atoms with E-state index in [9.17, 15) is 9.59 Å². The van der Waals surface area contributed by atoms with Crippen LogP contribution >= 0.6 is 0 Å². The molecule has 4 N–H and O–H groups in total. The first-order valence-corrected chi connectivity index (χ1v) is 12.6. The molecule has 8 nitrogen and oxygen atoms in total. The molecule has 4 heterocycles. The van der Waals surface area contributed by atoms with Gasteiger partial charge in [0.05, 0.1) is 5.92 Å². The molecular formula is C25H38N6O2. The van der Waals surface area contributed by atoms with Gasteiger partial charge in [-0.15, -0.1) is 0 Å². The lowest BCUT2D eigenvalue weighted by molar-refractivity contribution is -0.138. The minimum atomic E-state index is -0.128. The van der Waals surface area contributed by atoms with Gasteiger partial charge in [-0.05, 0) is 48.6 Å². The van der Waals surface area contributed by atoms with Crippen LogP contribution in [0.4, 0.5) is 0 Å². The Kier molecular flexibility index (Phi) is 6.69. The summed E-state index contributed by atoms with van der Waals surface area (Å²) in [7, 11) is 0. The van der Waals surface area contributed by atoms with Crippen molar-refractivity contribution in [2.75, 3.05) is 26.2 Å². The number of rotatable bonds is 4. The second-order valence-electron chi connectivity index (χ2n) is 10.5. The number of nitrogens with zero attached hydrogens (tertiary/aromatic N) is 2. The molecule has 4 unspecified atom stereocenters. The van der Waals surface area contributed by atoms with Crippen LogP contribution in [0.2, 0.25) is 0 Å². The van der Waals surface area contributed by atoms with E-state index in [1.54, 1.807) is 0 Å². The van der Waals surface area contributed by atoms with Crippen molar-refractivity contribution in [2.45, 2.75) is 64.2 Å². The number of hydrogen-bond acceptors (Lipinski definition) is 6. The van der Waals surface area contributed by atoms with E-state index >= 15 is 0 Å². The second-order valence-corrected chi connectivity index (χ2v) is 10.5. The molecule has 3 saturated heterocycles. The molecule has 5 rings (SSSR count). The molecule has 2 amide bonds. The summed E-state index contributed by atoms with van der Waals surface area (Å²) in [5, 5.41) is 0. The normalized spacial score (nSPS) is 30.6. The van der Waals surface area contributed by atoms with Crippen molar-refractivity contribution < 1.29 is 9.59 Å². The van der Waals surface area contributed by atoms with Crippen LogP contribution in [-0.2, 0) is 22.6 Å². The minimum absolute atomic E-state index is 0.0463. The predicted molar refractivity (Wildman–Crippen MR) is 127 cm³/mol. The van der Waals surface area contributed by atoms with Crippen LogP contribution in [0, 0.1) is 17.8 Å². The molecule has 1 aromatic carbocycles. The monoisotopic (exact) mass is 454 g/mol. The van der Waals surface area contributed by atoms with Crippen LogP contribution in [0.1, 0.15) is 44.2 Å². The van der Waals surface area contributed by atoms with Crippen LogP contribution in [0.3, 0.4) is 0 Å². The molecule has 0 radical (unpaired) electrons. The number of nitrogens with one attached hydrogen (secondary N) is 4. The van der Waals surface area contributed by atoms with E-state index in [1.165, 1.54) is 11.1 Å². The highest BCUT2D eigenvalue weighted by Gasteiger charge is 2.42. The van der Waals surface area contributed by atoms with Crippen molar-refractivity contribution in [3.63, 3.8) is 0 Å². The minimum Gasteiger partial charge on any atom is -0.341 e. The van der Waals surface area contributed by atoms with Gasteiger partial charge in [0.1, 0.15) is 6.04 Å². The Labute approximate surface area is 196 Å². The number of piperidine rings is 1. The van der Waals surface area contributed by atoms with Gasteiger partial charge in [0, 0.05) is 44.8 Å². The van der Waals surface area contributed by atoms with Crippen molar-refractivity contribution in [3.05, 3.63) is 35.4 Å². The number of benzene rings is 1. The second kappa shape index (κ2) is 9.70. The topological polar surface area (TPSA) is 88.7 Å². The van der Waals surface area contributed by atoms with E-state index in [-0.39, 0.29) is 29.8 Å². The number of amides is 2. The fourth-order valence-corrected chi connectivity index (χ4v) is 6.00. The molecule has 0 aromatic heterocycles. The molecule has 4 aliphatic rings. The zero-order valence-corrected chi connectivity index (χ0v) is 19.8. The van der Waals surface area contributed by atoms with E-state index in [1.807, 2.05) is 9.80 Å². The van der Waals surface area contributed by atoms with Gasteiger partial charge in [-0.25, -0.2) is 5.43 Å². The Hall–Kier alpha value is -2.00. The van der Waals surface area contributed by atoms with Crippen LogP contribution in [0.25, 0.3) is 0 Å². The standard InChI is InChI=1S/C25H38N6O2/c1-16(2)21-13-22(28-27-21)25(33)30-10-8-18(9-11-30)23-20(14-26-29-23)24(32)31-12-7-17-5-3-4-6-19(17)15-31/h3-6,16,18,20-23,26-29H,7-15H2,1-2H3. The van der Waals surface area contributed by atoms with Gasteiger partial charge in [0.2, 0.25) is 11.8 Å². The first-order chi connectivity index (χ1) is 16.0. The molecule has 4 aliphatic heterocycles. The molecule has 1 aromatic rings. The number of fused-ring (bicyclic) bond motifs is 1. The Morgan fingerprint density at radius 1 is 0.939 bits per heavy atom. The van der Waals surface area contributed by atoms with Gasteiger partial charge in [-0.3, -0.25) is 25.9 Å². The third-order valence-electron chi connectivity index (χ3n) is 8.18. The summed E-state index contributed by atoms with van der Waals surface area (Å²) in [6, 6.07) is 8.80. The summed E-state index contributed by atoms with van der Waals surface area (Å²) in [4.78, 5) is 30.5. The third kappa shape index (κ3) is 4.67. The van der Waals surface area contributed by atoms with E-state index in [0.29, 0.717) is 31.0 Å². The van der Waals surface area contributed by atoms with E-state index in [0.717, 1.165) is 45.3 Å². The fraction of sp³-hybridized carbons (Fsp3) is 0.680. The highest BCUT2D eigenvalue weighted by molar-refractivity contribution is 5.82. The zero-order valence-electron chi connectivity index (χ0n) is 19.8. The average Bonchev–Trinajstić information content (AvgIpc) is 3.53. The average molecular weight is 455 g/mol. The van der Waals surface area contributed by atoms with Gasteiger partial charge in [-0.1, -0.05) is 38.1 Å². The number of hydrogen-bond donors (Lipinski definition) is 4. The molecular weight excluding hydrogens is 416 g/mol. The first-order valence-electron chi connectivity index (χ1n) is 12.6. The summed E-state index contributed by atoms with van der Waals surface area (Å²) < 4.78 is 0. The molecule has 0 spiro atoms. The lowest BCUT2D eigenvalue weighted by Crippen LogP contribution is -2.52. The molecule has 180 valence electrons. The molecule has 3 fully saturated rings. The summed E-state index contributed by atoms with van der Waals surface area (Å²) in [5.41, 5.74) is 15.8. The summed E-state index contributed by atoms with van der Waals surface area (Å²) in [5.74, 6) is 1.32. The highest BCUT2D eigenvalue weighted by atomic mass is 16.2. The lowest BCUT2D eigenvalue weighted by atomic mass is 9.82. The summed E-state index contributed by atoms with van der Waals surface area (Å²) in [6.45, 7) is 8.08. The Bertz CT molecular complexity index is 868. The van der Waals surface area contributed by atoms with E-state index in [4.69, 9.17) is 0 Å². The van der Waals surface area contributed by atoms with E-state index in [2.05, 4.69) is 59.8 Å².